The number of anilines is 1. The van der Waals surface area contributed by atoms with E-state index in [2.05, 4.69) is 22.0 Å². The van der Waals surface area contributed by atoms with Gasteiger partial charge in [0.25, 0.3) is 5.91 Å². The van der Waals surface area contributed by atoms with Crippen molar-refractivity contribution in [1.29, 1.82) is 0 Å². The van der Waals surface area contributed by atoms with Crippen molar-refractivity contribution in [3.8, 4) is 5.75 Å². The van der Waals surface area contributed by atoms with Gasteiger partial charge in [0, 0.05) is 16.9 Å². The lowest BCUT2D eigenvalue weighted by Gasteiger charge is -2.31. The predicted octanol–water partition coefficient (Wildman–Crippen LogP) is 3.74. The van der Waals surface area contributed by atoms with Crippen LogP contribution in [-0.2, 0) is 4.79 Å². The van der Waals surface area contributed by atoms with E-state index in [1.54, 1.807) is 7.11 Å². The fourth-order valence-electron chi connectivity index (χ4n) is 3.38. The minimum absolute atomic E-state index is 0.184. The molecule has 0 bridgehead atoms. The zero-order chi connectivity index (χ0) is 19.6. The molecule has 27 heavy (non-hydrogen) atoms. The largest absolute Gasteiger partial charge is 0.496 e. The molecule has 0 saturated carbocycles. The van der Waals surface area contributed by atoms with E-state index in [4.69, 9.17) is 17.0 Å². The summed E-state index contributed by atoms with van der Waals surface area (Å²) >= 11 is 5.31. The highest BCUT2D eigenvalue weighted by Crippen LogP contribution is 2.33. The first-order valence-electron chi connectivity index (χ1n) is 8.70. The van der Waals surface area contributed by atoms with Crippen LogP contribution >= 0.6 is 12.2 Å². The lowest BCUT2D eigenvalue weighted by atomic mass is 9.94. The second-order valence-electron chi connectivity index (χ2n) is 6.64. The fourth-order valence-corrected chi connectivity index (χ4v) is 3.65. The molecule has 5 nitrogen and oxygen atoms in total. The number of ether oxygens (including phenoxy) is 1. The first-order chi connectivity index (χ1) is 12.9. The molecule has 6 heteroatoms. The molecule has 0 fully saturated rings. The summed E-state index contributed by atoms with van der Waals surface area (Å²) in [6, 6.07) is 13.2. The normalized spacial score (nSPS) is 16.4. The number of hydrogen-bond acceptors (Lipinski definition) is 3. The molecule has 0 spiro atoms. The molecule has 1 aliphatic heterocycles. The van der Waals surface area contributed by atoms with E-state index in [0.717, 1.165) is 28.1 Å². The Morgan fingerprint density at radius 1 is 1.11 bits per heavy atom. The van der Waals surface area contributed by atoms with Gasteiger partial charge < -0.3 is 20.7 Å². The number of carbonyl (C=O) groups excluding carboxylic acids is 1. The van der Waals surface area contributed by atoms with Crippen LogP contribution in [-0.4, -0.2) is 18.1 Å². The standard InChI is InChI=1S/C21H23N3O2S/c1-12-9-13(2)11-15(10-12)23-20(25)18-14(3)22-21(27)24-19(18)16-7-5-6-8-17(16)26-4/h5-11,19H,1-4H3,(H,23,25)(H2,22,24,27)/t19-/m0/s1. The van der Waals surface area contributed by atoms with Crippen LogP contribution in [0.5, 0.6) is 5.75 Å². The maximum atomic E-state index is 13.2. The molecule has 0 saturated heterocycles. The Balaban J connectivity index is 2.00. The predicted molar refractivity (Wildman–Crippen MR) is 112 cm³/mol. The molecule has 0 aliphatic carbocycles. The van der Waals surface area contributed by atoms with Crippen LogP contribution in [0, 0.1) is 13.8 Å². The molecule has 0 radical (unpaired) electrons. The summed E-state index contributed by atoms with van der Waals surface area (Å²) in [6.07, 6.45) is 0. The second-order valence-corrected chi connectivity index (χ2v) is 7.05. The Morgan fingerprint density at radius 3 is 2.44 bits per heavy atom. The summed E-state index contributed by atoms with van der Waals surface area (Å²) in [7, 11) is 1.62. The van der Waals surface area contributed by atoms with Crippen LogP contribution in [0.2, 0.25) is 0 Å². The fraction of sp³-hybridized carbons (Fsp3) is 0.238. The Bertz CT molecular complexity index is 917. The molecule has 1 heterocycles. The molecule has 1 atom stereocenters. The summed E-state index contributed by atoms with van der Waals surface area (Å²) in [5.74, 6) is 0.514. The van der Waals surface area contributed by atoms with Gasteiger partial charge in [-0.05, 0) is 62.3 Å². The van der Waals surface area contributed by atoms with Gasteiger partial charge >= 0.3 is 0 Å². The smallest absolute Gasteiger partial charge is 0.255 e. The van der Waals surface area contributed by atoms with Gasteiger partial charge in [-0.2, -0.15) is 0 Å². The molecule has 1 amide bonds. The van der Waals surface area contributed by atoms with Gasteiger partial charge in [-0.1, -0.05) is 24.3 Å². The van der Waals surface area contributed by atoms with Crippen molar-refractivity contribution in [2.75, 3.05) is 12.4 Å². The van der Waals surface area contributed by atoms with Crippen LogP contribution in [0.4, 0.5) is 5.69 Å². The number of aryl methyl sites for hydroxylation is 2. The topological polar surface area (TPSA) is 62.4 Å². The summed E-state index contributed by atoms with van der Waals surface area (Å²) in [5.41, 5.74) is 5.11. The van der Waals surface area contributed by atoms with Crippen molar-refractivity contribution in [2.24, 2.45) is 0 Å². The van der Waals surface area contributed by atoms with Crippen molar-refractivity contribution in [1.82, 2.24) is 10.6 Å². The Kier molecular flexibility index (Phi) is 5.46. The molecule has 3 N–H and O–H groups in total. The molecule has 3 rings (SSSR count). The maximum Gasteiger partial charge on any atom is 0.255 e. The van der Waals surface area contributed by atoms with E-state index in [9.17, 15) is 4.79 Å². The van der Waals surface area contributed by atoms with E-state index in [1.165, 1.54) is 0 Å². The van der Waals surface area contributed by atoms with E-state index in [-0.39, 0.29) is 5.91 Å². The van der Waals surface area contributed by atoms with Crippen molar-refractivity contribution < 1.29 is 9.53 Å². The van der Waals surface area contributed by atoms with Crippen LogP contribution in [0.3, 0.4) is 0 Å². The molecule has 2 aromatic rings. The second kappa shape index (κ2) is 7.80. The third kappa shape index (κ3) is 4.11. The van der Waals surface area contributed by atoms with Crippen molar-refractivity contribution >= 4 is 28.9 Å². The van der Waals surface area contributed by atoms with Gasteiger partial charge in [0.2, 0.25) is 0 Å². The summed E-state index contributed by atoms with van der Waals surface area (Å²) in [4.78, 5) is 13.2. The van der Waals surface area contributed by atoms with Crippen molar-refractivity contribution in [2.45, 2.75) is 26.8 Å². The first-order valence-corrected chi connectivity index (χ1v) is 9.10. The number of allylic oxidation sites excluding steroid dienone is 1. The SMILES string of the molecule is COc1ccccc1[C@@H]1NC(=S)NC(C)=C1C(=O)Nc1cc(C)cc(C)c1. The minimum Gasteiger partial charge on any atom is -0.496 e. The van der Waals surface area contributed by atoms with Gasteiger partial charge in [-0.25, -0.2) is 0 Å². The third-order valence-corrected chi connectivity index (χ3v) is 4.66. The molecular weight excluding hydrogens is 358 g/mol. The van der Waals surface area contributed by atoms with Crippen molar-refractivity contribution in [3.05, 3.63) is 70.4 Å². The van der Waals surface area contributed by atoms with Gasteiger partial charge in [0.05, 0.1) is 18.7 Å². The van der Waals surface area contributed by atoms with E-state index < -0.39 is 6.04 Å². The number of nitrogens with one attached hydrogen (secondary N) is 3. The highest BCUT2D eigenvalue weighted by atomic mass is 32.1. The average Bonchev–Trinajstić information content (AvgIpc) is 2.59. The molecule has 1 aliphatic rings. The minimum atomic E-state index is -0.402. The zero-order valence-electron chi connectivity index (χ0n) is 15.8. The Hall–Kier alpha value is -2.86. The number of methoxy groups -OCH3 is 1. The maximum absolute atomic E-state index is 13.2. The van der Waals surface area contributed by atoms with Gasteiger partial charge in [0.1, 0.15) is 5.75 Å². The average molecular weight is 382 g/mol. The Morgan fingerprint density at radius 2 is 1.78 bits per heavy atom. The Labute approximate surface area is 164 Å². The number of carbonyl (C=O) groups is 1. The third-order valence-electron chi connectivity index (χ3n) is 4.44. The molecule has 0 aromatic heterocycles. The van der Waals surface area contributed by atoms with Crippen molar-refractivity contribution in [3.63, 3.8) is 0 Å². The molecule has 0 unspecified atom stereocenters. The van der Waals surface area contributed by atoms with E-state index in [1.807, 2.05) is 57.2 Å². The van der Waals surface area contributed by atoms with Gasteiger partial charge in [0.15, 0.2) is 5.11 Å². The zero-order valence-corrected chi connectivity index (χ0v) is 16.7. The lowest BCUT2D eigenvalue weighted by Crippen LogP contribution is -2.45. The number of rotatable bonds is 4. The van der Waals surface area contributed by atoms with E-state index in [0.29, 0.717) is 16.4 Å². The molecule has 2 aromatic carbocycles. The quantitative estimate of drug-likeness (QED) is 0.704. The summed E-state index contributed by atoms with van der Waals surface area (Å²) < 4.78 is 5.49. The molecular formula is C21H23N3O2S. The highest BCUT2D eigenvalue weighted by Gasteiger charge is 2.31. The van der Waals surface area contributed by atoms with Crippen LogP contribution in [0.15, 0.2) is 53.7 Å². The molecule has 140 valence electrons. The van der Waals surface area contributed by atoms with Crippen LogP contribution < -0.4 is 20.7 Å². The van der Waals surface area contributed by atoms with Crippen LogP contribution in [0.25, 0.3) is 0 Å². The van der Waals surface area contributed by atoms with E-state index >= 15 is 0 Å². The lowest BCUT2D eigenvalue weighted by molar-refractivity contribution is -0.113. The van der Waals surface area contributed by atoms with Gasteiger partial charge in [-0.3, -0.25) is 4.79 Å². The number of para-hydroxylation sites is 1. The number of thiocarbonyl (C=S) groups is 1. The van der Waals surface area contributed by atoms with Gasteiger partial charge in [-0.15, -0.1) is 0 Å². The first kappa shape index (κ1) is 18.9. The van der Waals surface area contributed by atoms with Crippen LogP contribution in [0.1, 0.15) is 29.7 Å². The summed E-state index contributed by atoms with van der Waals surface area (Å²) in [6.45, 7) is 5.87. The number of benzene rings is 2. The number of hydrogen-bond donors (Lipinski definition) is 3. The highest BCUT2D eigenvalue weighted by molar-refractivity contribution is 7.80. The number of amides is 1. The summed E-state index contributed by atoms with van der Waals surface area (Å²) in [5, 5.41) is 9.75. The monoisotopic (exact) mass is 381 g/mol.